The number of carbonyl (C=O) groups is 1. The Morgan fingerprint density at radius 1 is 1.12 bits per heavy atom. The van der Waals surface area contributed by atoms with Crippen LogP contribution in [0.3, 0.4) is 0 Å². The molecular weight excluding hydrogens is 309 g/mol. The molecule has 24 heavy (non-hydrogen) atoms. The highest BCUT2D eigenvalue weighted by Gasteiger charge is 2.18. The number of benzene rings is 2. The number of fused-ring (bicyclic) bond motifs is 1. The molecule has 0 saturated carbocycles. The Balaban J connectivity index is 1.97. The Morgan fingerprint density at radius 2 is 1.88 bits per heavy atom. The van der Waals surface area contributed by atoms with Gasteiger partial charge in [-0.15, -0.1) is 0 Å². The second-order valence-corrected chi connectivity index (χ2v) is 5.15. The summed E-state index contributed by atoms with van der Waals surface area (Å²) in [5, 5.41) is 0.727. The average molecular weight is 325 g/mol. The van der Waals surface area contributed by atoms with E-state index in [2.05, 4.69) is 4.98 Å². The molecule has 122 valence electrons. The number of hydrogen-bond donors (Lipinski definition) is 0. The van der Waals surface area contributed by atoms with E-state index in [0.717, 1.165) is 16.5 Å². The van der Waals surface area contributed by atoms with Crippen LogP contribution >= 0.6 is 0 Å². The molecule has 0 radical (unpaired) electrons. The molecule has 2 aromatic carbocycles. The van der Waals surface area contributed by atoms with Crippen molar-refractivity contribution in [1.29, 1.82) is 0 Å². The third-order valence-corrected chi connectivity index (χ3v) is 3.52. The molecule has 0 aliphatic rings. The Bertz CT molecular complexity index is 862. The van der Waals surface area contributed by atoms with Crippen LogP contribution in [-0.2, 0) is 11.3 Å². The van der Waals surface area contributed by atoms with E-state index in [-0.39, 0.29) is 24.6 Å². The maximum Gasteiger partial charge on any atom is 0.343 e. The largest absolute Gasteiger partial charge is 0.487 e. The molecule has 3 aromatic rings. The molecule has 0 aliphatic heterocycles. The van der Waals surface area contributed by atoms with Crippen LogP contribution in [0.4, 0.5) is 4.39 Å². The van der Waals surface area contributed by atoms with Gasteiger partial charge in [-0.1, -0.05) is 24.3 Å². The Kier molecular flexibility index (Phi) is 4.70. The van der Waals surface area contributed by atoms with E-state index < -0.39 is 5.97 Å². The van der Waals surface area contributed by atoms with Crippen molar-refractivity contribution in [3.63, 3.8) is 0 Å². The summed E-state index contributed by atoms with van der Waals surface area (Å²) in [5.74, 6) is -0.367. The lowest BCUT2D eigenvalue weighted by Crippen LogP contribution is -2.09. The summed E-state index contributed by atoms with van der Waals surface area (Å²) in [7, 11) is 0. The van der Waals surface area contributed by atoms with Crippen molar-refractivity contribution in [2.75, 3.05) is 6.61 Å². The summed E-state index contributed by atoms with van der Waals surface area (Å²) >= 11 is 0. The monoisotopic (exact) mass is 325 g/mol. The van der Waals surface area contributed by atoms with Crippen LogP contribution in [0.25, 0.3) is 10.9 Å². The standard InChI is InChI=1S/C19H16FNO3/c1-2-23-19(22)16-11-21-17-6-4-3-5-15(17)18(16)24-12-13-7-9-14(20)10-8-13/h3-11H,2,12H2,1H3. The lowest BCUT2D eigenvalue weighted by atomic mass is 10.1. The highest BCUT2D eigenvalue weighted by Crippen LogP contribution is 2.29. The third-order valence-electron chi connectivity index (χ3n) is 3.52. The number of rotatable bonds is 5. The molecule has 5 heteroatoms. The molecule has 0 unspecified atom stereocenters. The normalized spacial score (nSPS) is 10.6. The zero-order valence-electron chi connectivity index (χ0n) is 13.2. The van der Waals surface area contributed by atoms with Gasteiger partial charge >= 0.3 is 5.97 Å². The van der Waals surface area contributed by atoms with Crippen molar-refractivity contribution in [1.82, 2.24) is 4.98 Å². The molecule has 0 bridgehead atoms. The highest BCUT2D eigenvalue weighted by atomic mass is 19.1. The SMILES string of the molecule is CCOC(=O)c1cnc2ccccc2c1OCc1ccc(F)cc1. The van der Waals surface area contributed by atoms with Crippen molar-refractivity contribution < 1.29 is 18.7 Å². The lowest BCUT2D eigenvalue weighted by molar-refractivity contribution is 0.0521. The summed E-state index contributed by atoms with van der Waals surface area (Å²) in [6, 6.07) is 13.4. The van der Waals surface area contributed by atoms with Gasteiger partial charge in [0.2, 0.25) is 0 Å². The van der Waals surface area contributed by atoms with E-state index in [1.165, 1.54) is 18.3 Å². The molecule has 0 amide bonds. The Morgan fingerprint density at radius 3 is 2.62 bits per heavy atom. The molecular formula is C19H16FNO3. The smallest absolute Gasteiger partial charge is 0.343 e. The zero-order valence-corrected chi connectivity index (χ0v) is 13.2. The number of aromatic nitrogens is 1. The van der Waals surface area contributed by atoms with Crippen LogP contribution in [-0.4, -0.2) is 17.6 Å². The average Bonchev–Trinajstić information content (AvgIpc) is 2.61. The van der Waals surface area contributed by atoms with Gasteiger partial charge in [-0.3, -0.25) is 4.98 Å². The lowest BCUT2D eigenvalue weighted by Gasteiger charge is -2.13. The Labute approximate surface area is 138 Å². The predicted octanol–water partition coefficient (Wildman–Crippen LogP) is 4.13. The maximum absolute atomic E-state index is 13.0. The third kappa shape index (κ3) is 3.35. The minimum absolute atomic E-state index is 0.209. The van der Waals surface area contributed by atoms with Gasteiger partial charge in [-0.2, -0.15) is 0 Å². The topological polar surface area (TPSA) is 48.4 Å². The number of pyridine rings is 1. The van der Waals surface area contributed by atoms with E-state index in [4.69, 9.17) is 9.47 Å². The van der Waals surface area contributed by atoms with Crippen LogP contribution in [0.1, 0.15) is 22.8 Å². The number of hydrogen-bond acceptors (Lipinski definition) is 4. The molecule has 3 rings (SSSR count). The fourth-order valence-corrected chi connectivity index (χ4v) is 2.36. The van der Waals surface area contributed by atoms with Crippen molar-refractivity contribution in [2.24, 2.45) is 0 Å². The zero-order chi connectivity index (χ0) is 16.9. The van der Waals surface area contributed by atoms with Crippen LogP contribution in [0.15, 0.2) is 54.7 Å². The minimum Gasteiger partial charge on any atom is -0.487 e. The molecule has 1 aromatic heterocycles. The van der Waals surface area contributed by atoms with Gasteiger partial charge < -0.3 is 9.47 Å². The summed E-state index contributed by atoms with van der Waals surface area (Å²) in [5.41, 5.74) is 1.80. The van der Waals surface area contributed by atoms with E-state index in [0.29, 0.717) is 5.75 Å². The van der Waals surface area contributed by atoms with E-state index in [1.54, 1.807) is 19.1 Å². The number of ether oxygens (including phenoxy) is 2. The van der Waals surface area contributed by atoms with Crippen molar-refractivity contribution in [2.45, 2.75) is 13.5 Å². The fourth-order valence-electron chi connectivity index (χ4n) is 2.36. The van der Waals surface area contributed by atoms with Crippen LogP contribution < -0.4 is 4.74 Å². The van der Waals surface area contributed by atoms with Gasteiger partial charge in [-0.05, 0) is 36.8 Å². The molecule has 0 spiro atoms. The van der Waals surface area contributed by atoms with Gasteiger partial charge in [0.1, 0.15) is 23.7 Å². The van der Waals surface area contributed by atoms with E-state index >= 15 is 0 Å². The molecule has 0 fully saturated rings. The highest BCUT2D eigenvalue weighted by molar-refractivity contribution is 5.99. The minimum atomic E-state index is -0.482. The van der Waals surface area contributed by atoms with Crippen molar-refractivity contribution >= 4 is 16.9 Å². The van der Waals surface area contributed by atoms with Gasteiger partial charge in [0, 0.05) is 11.6 Å². The molecule has 0 aliphatic carbocycles. The second kappa shape index (κ2) is 7.08. The van der Waals surface area contributed by atoms with Crippen molar-refractivity contribution in [3.05, 3.63) is 71.7 Å². The number of carbonyl (C=O) groups excluding carboxylic acids is 1. The van der Waals surface area contributed by atoms with E-state index in [1.807, 2.05) is 24.3 Å². The fraction of sp³-hybridized carbons (Fsp3) is 0.158. The van der Waals surface area contributed by atoms with Gasteiger partial charge in [-0.25, -0.2) is 9.18 Å². The molecule has 4 nitrogen and oxygen atoms in total. The molecule has 0 atom stereocenters. The quantitative estimate of drug-likeness (QED) is 0.662. The number of nitrogens with zero attached hydrogens (tertiary/aromatic N) is 1. The predicted molar refractivity (Wildman–Crippen MR) is 88.4 cm³/mol. The summed E-state index contributed by atoms with van der Waals surface area (Å²) in [6.45, 7) is 2.22. The van der Waals surface area contributed by atoms with E-state index in [9.17, 15) is 9.18 Å². The summed E-state index contributed by atoms with van der Waals surface area (Å²) in [6.07, 6.45) is 1.46. The summed E-state index contributed by atoms with van der Waals surface area (Å²) < 4.78 is 24.0. The maximum atomic E-state index is 13.0. The Hall–Kier alpha value is -2.95. The number of esters is 1. The first-order valence-electron chi connectivity index (χ1n) is 7.61. The second-order valence-electron chi connectivity index (χ2n) is 5.15. The number of para-hydroxylation sites is 1. The van der Waals surface area contributed by atoms with Crippen molar-refractivity contribution in [3.8, 4) is 5.75 Å². The first-order chi connectivity index (χ1) is 11.7. The first-order valence-corrected chi connectivity index (χ1v) is 7.61. The van der Waals surface area contributed by atoms with Gasteiger partial charge in [0.05, 0.1) is 12.1 Å². The first kappa shape index (κ1) is 15.9. The van der Waals surface area contributed by atoms with Gasteiger partial charge in [0.25, 0.3) is 0 Å². The number of halogens is 1. The van der Waals surface area contributed by atoms with Gasteiger partial charge in [0.15, 0.2) is 0 Å². The molecule has 0 saturated heterocycles. The molecule has 1 heterocycles. The van der Waals surface area contributed by atoms with Crippen LogP contribution in [0.5, 0.6) is 5.75 Å². The summed E-state index contributed by atoms with van der Waals surface area (Å²) in [4.78, 5) is 16.5. The van der Waals surface area contributed by atoms with Crippen LogP contribution in [0.2, 0.25) is 0 Å². The molecule has 0 N–H and O–H groups in total. The van der Waals surface area contributed by atoms with Crippen LogP contribution in [0, 0.1) is 5.82 Å².